The molecular weight excluding hydrogens is 158 g/mol. The number of aromatic nitrogens is 2. The Balaban J connectivity index is 1.98. The summed E-state index contributed by atoms with van der Waals surface area (Å²) in [4.78, 5) is 7.77. The van der Waals surface area contributed by atoms with E-state index in [9.17, 15) is 0 Å². The van der Waals surface area contributed by atoms with Crippen molar-refractivity contribution >= 4 is 5.82 Å². The van der Waals surface area contributed by atoms with E-state index in [0.717, 1.165) is 0 Å². The van der Waals surface area contributed by atoms with Crippen molar-refractivity contribution in [3.8, 4) is 5.88 Å². The zero-order valence-corrected chi connectivity index (χ0v) is 6.43. The Kier molecular flexibility index (Phi) is 1.79. The van der Waals surface area contributed by atoms with Gasteiger partial charge in [-0.2, -0.15) is 0 Å². The maximum absolute atomic E-state index is 5.35. The van der Waals surface area contributed by atoms with Gasteiger partial charge >= 0.3 is 0 Å². The van der Waals surface area contributed by atoms with E-state index in [1.165, 1.54) is 12.4 Å². The smallest absolute Gasteiger partial charge is 0.232 e. The number of rotatable bonds is 2. The summed E-state index contributed by atoms with van der Waals surface area (Å²) in [7, 11) is 0. The largest absolute Gasteiger partial charge is 0.468 e. The third-order valence-corrected chi connectivity index (χ3v) is 1.54. The van der Waals surface area contributed by atoms with Gasteiger partial charge in [-0.1, -0.05) is 0 Å². The van der Waals surface area contributed by atoms with Crippen LogP contribution in [0, 0.1) is 0 Å². The summed E-state index contributed by atoms with van der Waals surface area (Å²) in [5.41, 5.74) is 5.35. The Morgan fingerprint density at radius 2 is 2.25 bits per heavy atom. The van der Waals surface area contributed by atoms with Crippen LogP contribution in [0.2, 0.25) is 0 Å². The van der Waals surface area contributed by atoms with Crippen molar-refractivity contribution in [2.45, 2.75) is 6.10 Å². The molecule has 2 rings (SSSR count). The zero-order chi connectivity index (χ0) is 8.39. The summed E-state index contributed by atoms with van der Waals surface area (Å²) in [6.07, 6.45) is 3.10. The van der Waals surface area contributed by atoms with Crippen LogP contribution in [0.25, 0.3) is 0 Å². The highest BCUT2D eigenvalue weighted by Gasteiger charge is 2.20. The SMILES string of the molecule is Nc1cnc(OC2COC2)cn1. The minimum absolute atomic E-state index is 0.128. The maximum Gasteiger partial charge on any atom is 0.232 e. The Labute approximate surface area is 69.5 Å². The molecule has 0 atom stereocenters. The molecule has 12 heavy (non-hydrogen) atoms. The fourth-order valence-electron chi connectivity index (χ4n) is 0.840. The highest BCUT2D eigenvalue weighted by Crippen LogP contribution is 2.11. The minimum atomic E-state index is 0.128. The number of nitrogen functional groups attached to an aromatic ring is 1. The molecule has 0 aromatic carbocycles. The number of nitrogens with two attached hydrogens (primary N) is 1. The monoisotopic (exact) mass is 167 g/mol. The first-order valence-electron chi connectivity index (χ1n) is 3.66. The molecule has 0 amide bonds. The van der Waals surface area contributed by atoms with Gasteiger partial charge in [-0.15, -0.1) is 0 Å². The second kappa shape index (κ2) is 2.94. The molecule has 0 bridgehead atoms. The Morgan fingerprint density at radius 1 is 1.42 bits per heavy atom. The summed E-state index contributed by atoms with van der Waals surface area (Å²) in [6, 6.07) is 0. The van der Waals surface area contributed by atoms with Gasteiger partial charge in [0.1, 0.15) is 11.9 Å². The Morgan fingerprint density at radius 3 is 2.75 bits per heavy atom. The molecule has 1 aromatic heterocycles. The third-order valence-electron chi connectivity index (χ3n) is 1.54. The highest BCUT2D eigenvalue weighted by atomic mass is 16.6. The first-order valence-corrected chi connectivity index (χ1v) is 3.66. The van der Waals surface area contributed by atoms with Crippen LogP contribution in [0.5, 0.6) is 5.88 Å². The van der Waals surface area contributed by atoms with Crippen LogP contribution in [0.1, 0.15) is 0 Å². The van der Waals surface area contributed by atoms with Gasteiger partial charge in [-0.3, -0.25) is 0 Å². The summed E-state index contributed by atoms with van der Waals surface area (Å²) in [5.74, 6) is 0.893. The molecular formula is C7H9N3O2. The number of nitrogens with zero attached hydrogens (tertiary/aromatic N) is 2. The maximum atomic E-state index is 5.35. The van der Waals surface area contributed by atoms with Gasteiger partial charge in [-0.05, 0) is 0 Å². The lowest BCUT2D eigenvalue weighted by Gasteiger charge is -2.25. The molecule has 64 valence electrons. The lowest BCUT2D eigenvalue weighted by atomic mass is 10.3. The van der Waals surface area contributed by atoms with Gasteiger partial charge in [0.2, 0.25) is 5.88 Å². The van der Waals surface area contributed by atoms with Crippen molar-refractivity contribution in [1.29, 1.82) is 0 Å². The fraction of sp³-hybridized carbons (Fsp3) is 0.429. The van der Waals surface area contributed by atoms with E-state index in [0.29, 0.717) is 24.9 Å². The van der Waals surface area contributed by atoms with E-state index in [1.807, 2.05) is 0 Å². The molecule has 0 unspecified atom stereocenters. The molecule has 1 aromatic rings. The molecule has 0 aliphatic carbocycles. The van der Waals surface area contributed by atoms with Crippen molar-refractivity contribution in [3.63, 3.8) is 0 Å². The standard InChI is InChI=1S/C7H9N3O2/c8-6-1-10-7(2-9-6)12-5-3-11-4-5/h1-2,5H,3-4H2,(H2,8,9). The number of hydrogen-bond donors (Lipinski definition) is 1. The van der Waals surface area contributed by atoms with Gasteiger partial charge < -0.3 is 15.2 Å². The normalized spacial score (nSPS) is 17.0. The van der Waals surface area contributed by atoms with Crippen LogP contribution in [0.4, 0.5) is 5.82 Å². The summed E-state index contributed by atoms with van der Waals surface area (Å²) in [6.45, 7) is 1.26. The Hall–Kier alpha value is -1.36. The van der Waals surface area contributed by atoms with Crippen LogP contribution >= 0.6 is 0 Å². The molecule has 2 heterocycles. The van der Waals surface area contributed by atoms with Crippen molar-refractivity contribution in [2.75, 3.05) is 18.9 Å². The van der Waals surface area contributed by atoms with Crippen LogP contribution < -0.4 is 10.5 Å². The molecule has 5 heteroatoms. The van der Waals surface area contributed by atoms with E-state index >= 15 is 0 Å². The summed E-state index contributed by atoms with van der Waals surface area (Å²) < 4.78 is 10.3. The topological polar surface area (TPSA) is 70.3 Å². The zero-order valence-electron chi connectivity index (χ0n) is 6.43. The predicted molar refractivity (Wildman–Crippen MR) is 41.7 cm³/mol. The second-order valence-electron chi connectivity index (χ2n) is 2.56. The van der Waals surface area contributed by atoms with Crippen LogP contribution in [0.15, 0.2) is 12.4 Å². The molecule has 1 saturated heterocycles. The molecule has 0 radical (unpaired) electrons. The molecule has 0 spiro atoms. The average molecular weight is 167 g/mol. The lowest BCUT2D eigenvalue weighted by molar-refractivity contribution is -0.0814. The molecule has 5 nitrogen and oxygen atoms in total. The lowest BCUT2D eigenvalue weighted by Crippen LogP contribution is -2.38. The van der Waals surface area contributed by atoms with Crippen molar-refractivity contribution < 1.29 is 9.47 Å². The van der Waals surface area contributed by atoms with Crippen molar-refractivity contribution in [1.82, 2.24) is 9.97 Å². The quantitative estimate of drug-likeness (QED) is 0.662. The van der Waals surface area contributed by atoms with Crippen LogP contribution in [0.3, 0.4) is 0 Å². The number of hydrogen-bond acceptors (Lipinski definition) is 5. The fourth-order valence-corrected chi connectivity index (χ4v) is 0.840. The molecule has 1 fully saturated rings. The third kappa shape index (κ3) is 1.45. The van der Waals surface area contributed by atoms with Gasteiger partial charge in [0.05, 0.1) is 25.6 Å². The molecule has 1 aliphatic heterocycles. The van der Waals surface area contributed by atoms with Gasteiger partial charge in [0, 0.05) is 0 Å². The Bertz CT molecular complexity index is 258. The van der Waals surface area contributed by atoms with E-state index < -0.39 is 0 Å². The van der Waals surface area contributed by atoms with Gasteiger partial charge in [0.15, 0.2) is 0 Å². The number of anilines is 1. The second-order valence-corrected chi connectivity index (χ2v) is 2.56. The minimum Gasteiger partial charge on any atom is -0.468 e. The number of ether oxygens (including phenoxy) is 2. The predicted octanol–water partition coefficient (Wildman–Crippen LogP) is -0.164. The van der Waals surface area contributed by atoms with E-state index in [4.69, 9.17) is 15.2 Å². The van der Waals surface area contributed by atoms with E-state index in [2.05, 4.69) is 9.97 Å². The molecule has 0 saturated carbocycles. The first kappa shape index (κ1) is 7.30. The van der Waals surface area contributed by atoms with Crippen molar-refractivity contribution in [3.05, 3.63) is 12.4 Å². The molecule has 2 N–H and O–H groups in total. The summed E-state index contributed by atoms with van der Waals surface area (Å²) >= 11 is 0. The first-order chi connectivity index (χ1) is 5.84. The van der Waals surface area contributed by atoms with Crippen molar-refractivity contribution in [2.24, 2.45) is 0 Å². The van der Waals surface area contributed by atoms with Crippen LogP contribution in [-0.4, -0.2) is 29.3 Å². The van der Waals surface area contributed by atoms with Gasteiger partial charge in [-0.25, -0.2) is 9.97 Å². The van der Waals surface area contributed by atoms with E-state index in [-0.39, 0.29) is 6.10 Å². The summed E-state index contributed by atoms with van der Waals surface area (Å²) in [5, 5.41) is 0. The van der Waals surface area contributed by atoms with Gasteiger partial charge in [0.25, 0.3) is 0 Å². The van der Waals surface area contributed by atoms with E-state index in [1.54, 1.807) is 0 Å². The van der Waals surface area contributed by atoms with Crippen LogP contribution in [-0.2, 0) is 4.74 Å². The molecule has 1 aliphatic rings. The average Bonchev–Trinajstić information content (AvgIpc) is 2.00. The highest BCUT2D eigenvalue weighted by molar-refractivity contribution is 5.24.